The van der Waals surface area contributed by atoms with Crippen LogP contribution < -0.4 is 9.47 Å². The fourth-order valence-electron chi connectivity index (χ4n) is 5.25. The number of carbonyl (C=O) groups excluding carboxylic acids is 1. The Morgan fingerprint density at radius 1 is 1.12 bits per heavy atom. The third-order valence-electron chi connectivity index (χ3n) is 7.36. The van der Waals surface area contributed by atoms with Gasteiger partial charge in [-0.2, -0.15) is 18.4 Å². The molecule has 1 aromatic heterocycles. The van der Waals surface area contributed by atoms with Crippen LogP contribution in [0.15, 0.2) is 42.6 Å². The molecule has 4 rings (SSSR count). The first-order chi connectivity index (χ1) is 20.0. The lowest BCUT2D eigenvalue weighted by molar-refractivity contribution is -0.272. The number of piperidine rings is 1. The number of aliphatic hydroxyl groups is 1. The quantitative estimate of drug-likeness (QED) is 0.326. The van der Waals surface area contributed by atoms with Gasteiger partial charge in [-0.1, -0.05) is 12.1 Å². The molecule has 0 amide bonds. The molecule has 1 unspecified atom stereocenters. The van der Waals surface area contributed by atoms with Gasteiger partial charge in [0.05, 0.1) is 37.3 Å². The highest BCUT2D eigenvalue weighted by Gasteiger charge is 2.57. The second kappa shape index (κ2) is 13.0. The van der Waals surface area contributed by atoms with Crippen LogP contribution in [0.3, 0.4) is 0 Å². The molecule has 0 aliphatic carbocycles. The average Bonchev–Trinajstić information content (AvgIpc) is 3.32. The molecule has 1 aliphatic heterocycles. The van der Waals surface area contributed by atoms with E-state index in [-0.39, 0.29) is 61.4 Å². The molecule has 226 valence electrons. The number of hydrogen-bond acceptors (Lipinski definition) is 8. The van der Waals surface area contributed by atoms with Crippen LogP contribution in [0.2, 0.25) is 0 Å². The van der Waals surface area contributed by atoms with Gasteiger partial charge in [0.1, 0.15) is 12.8 Å². The molecule has 2 heterocycles. The van der Waals surface area contributed by atoms with Crippen LogP contribution in [-0.4, -0.2) is 73.3 Å². The van der Waals surface area contributed by atoms with Crippen LogP contribution >= 0.6 is 0 Å². The van der Waals surface area contributed by atoms with Crippen LogP contribution in [0.25, 0.3) is 10.9 Å². The Balaban J connectivity index is 1.49. The van der Waals surface area contributed by atoms with E-state index in [1.165, 1.54) is 43.2 Å². The number of alkyl halides is 3. The topological polar surface area (TPSA) is 106 Å². The number of ether oxygens (including phenoxy) is 4. The molecule has 0 bridgehead atoms. The molecule has 42 heavy (non-hydrogen) atoms. The van der Waals surface area contributed by atoms with E-state index in [1.807, 2.05) is 6.07 Å². The number of nitriles is 1. The number of halogens is 3. The summed E-state index contributed by atoms with van der Waals surface area (Å²) in [6, 6.07) is 11.5. The minimum Gasteiger partial charge on any atom is -0.493 e. The van der Waals surface area contributed by atoms with Gasteiger partial charge in [-0.15, -0.1) is 0 Å². The molecule has 1 saturated heterocycles. The van der Waals surface area contributed by atoms with Crippen molar-refractivity contribution in [1.29, 1.82) is 5.26 Å². The molecular weight excluding hydrogens is 555 g/mol. The molecule has 3 aromatic rings. The summed E-state index contributed by atoms with van der Waals surface area (Å²) in [6.07, 6.45) is -3.06. The van der Waals surface area contributed by atoms with E-state index in [9.17, 15) is 28.3 Å². The molecule has 2 aromatic carbocycles. The number of fused-ring (bicyclic) bond motifs is 1. The third-order valence-corrected chi connectivity index (χ3v) is 7.36. The largest absolute Gasteiger partial charge is 0.493 e. The van der Waals surface area contributed by atoms with Crippen molar-refractivity contribution in [3.8, 4) is 17.6 Å². The van der Waals surface area contributed by atoms with Crippen molar-refractivity contribution in [2.75, 3.05) is 40.5 Å². The second-order valence-corrected chi connectivity index (χ2v) is 10.2. The Morgan fingerprint density at radius 3 is 2.48 bits per heavy atom. The summed E-state index contributed by atoms with van der Waals surface area (Å²) in [5, 5.41) is 20.8. The first-order valence-electron chi connectivity index (χ1n) is 13.6. The van der Waals surface area contributed by atoms with Crippen LogP contribution in [0.1, 0.15) is 36.5 Å². The zero-order valence-electron chi connectivity index (χ0n) is 23.7. The van der Waals surface area contributed by atoms with Gasteiger partial charge in [0.2, 0.25) is 5.60 Å². The number of nitrogens with zero attached hydrogens (tertiary/aromatic N) is 3. The van der Waals surface area contributed by atoms with Gasteiger partial charge in [-0.25, -0.2) is 0 Å². The first kappa shape index (κ1) is 31.2. The molecule has 1 aliphatic rings. The van der Waals surface area contributed by atoms with Crippen LogP contribution in [0, 0.1) is 11.3 Å². The fourth-order valence-corrected chi connectivity index (χ4v) is 5.25. The van der Waals surface area contributed by atoms with E-state index in [0.29, 0.717) is 35.4 Å². The van der Waals surface area contributed by atoms with Gasteiger partial charge in [0, 0.05) is 43.9 Å². The number of hydrogen-bond donors (Lipinski definition) is 1. The molecule has 1 N–H and O–H groups in total. The van der Waals surface area contributed by atoms with E-state index in [0.717, 1.165) is 0 Å². The number of β-amino-alcohol motifs (C(OH)–C–C–N with tert-alkyl or cyclic N) is 1. The van der Waals surface area contributed by atoms with E-state index in [2.05, 4.69) is 0 Å². The predicted molar refractivity (Wildman–Crippen MR) is 147 cm³/mol. The van der Waals surface area contributed by atoms with Crippen LogP contribution in [0.5, 0.6) is 11.5 Å². The lowest BCUT2D eigenvalue weighted by Gasteiger charge is -2.39. The SMILES string of the molecule is CCOC(=O)Cc1ccc(OC2CCN(CC(O)(c3cn(COC)c4cc(C#N)ccc34)C(F)(F)F)CC2)c(OC)c1. The number of aromatic nitrogens is 1. The van der Waals surface area contributed by atoms with Crippen molar-refractivity contribution in [3.63, 3.8) is 0 Å². The Labute approximate surface area is 241 Å². The van der Waals surface area contributed by atoms with Crippen molar-refractivity contribution in [2.24, 2.45) is 0 Å². The molecule has 9 nitrogen and oxygen atoms in total. The Morgan fingerprint density at radius 2 is 1.86 bits per heavy atom. The first-order valence-corrected chi connectivity index (χ1v) is 13.6. The Bertz CT molecular complexity index is 1440. The highest BCUT2D eigenvalue weighted by Crippen LogP contribution is 2.44. The number of carbonyl (C=O) groups is 1. The second-order valence-electron chi connectivity index (χ2n) is 10.2. The summed E-state index contributed by atoms with van der Waals surface area (Å²) >= 11 is 0. The van der Waals surface area contributed by atoms with Crippen molar-refractivity contribution in [1.82, 2.24) is 9.47 Å². The van der Waals surface area contributed by atoms with E-state index in [1.54, 1.807) is 30.0 Å². The summed E-state index contributed by atoms with van der Waals surface area (Å²) in [4.78, 5) is 13.4. The van der Waals surface area contributed by atoms with Gasteiger partial charge in [-0.3, -0.25) is 9.69 Å². The maximum Gasteiger partial charge on any atom is 0.422 e. The lowest BCUT2D eigenvalue weighted by Crippen LogP contribution is -2.53. The molecule has 12 heteroatoms. The van der Waals surface area contributed by atoms with Gasteiger partial charge in [0.25, 0.3) is 0 Å². The number of esters is 1. The zero-order chi connectivity index (χ0) is 30.5. The number of likely N-dealkylation sites (tertiary alicyclic amines) is 1. The van der Waals surface area contributed by atoms with Crippen LogP contribution in [-0.2, 0) is 33.0 Å². The molecule has 0 spiro atoms. The Hall–Kier alpha value is -3.79. The lowest BCUT2D eigenvalue weighted by atomic mass is 9.90. The summed E-state index contributed by atoms with van der Waals surface area (Å²) < 4.78 is 66.9. The Kier molecular flexibility index (Phi) is 9.66. The average molecular weight is 590 g/mol. The van der Waals surface area contributed by atoms with Gasteiger partial charge in [0.15, 0.2) is 11.5 Å². The van der Waals surface area contributed by atoms with E-state index in [4.69, 9.17) is 18.9 Å². The minimum atomic E-state index is -4.97. The van der Waals surface area contributed by atoms with Gasteiger partial charge >= 0.3 is 12.1 Å². The van der Waals surface area contributed by atoms with Crippen molar-refractivity contribution >= 4 is 16.9 Å². The summed E-state index contributed by atoms with van der Waals surface area (Å²) in [5.41, 5.74) is -2.10. The molecular formula is C30H34F3N3O6. The monoisotopic (exact) mass is 589 g/mol. The number of methoxy groups -OCH3 is 2. The number of benzene rings is 2. The molecule has 1 atom stereocenters. The number of rotatable bonds is 11. The summed E-state index contributed by atoms with van der Waals surface area (Å²) in [7, 11) is 2.90. The summed E-state index contributed by atoms with van der Waals surface area (Å²) in [6.45, 7) is 1.84. The summed E-state index contributed by atoms with van der Waals surface area (Å²) in [5.74, 6) is 0.560. The highest BCUT2D eigenvalue weighted by atomic mass is 19.4. The van der Waals surface area contributed by atoms with Crippen molar-refractivity contribution < 1.29 is 42.0 Å². The standard InChI is InChI=1S/C30H34F3N3O6/c1-4-41-28(37)15-20-6-8-26(27(14-20)40-3)42-22-9-11-35(12-10-22)18-29(38,30(31,32)33)24-17-36(19-39-2)25-13-21(16-34)5-7-23(24)25/h5-8,13-14,17,22,38H,4,9-12,15,18-19H2,1-3H3. The minimum absolute atomic E-state index is 0.0463. The smallest absolute Gasteiger partial charge is 0.422 e. The predicted octanol–water partition coefficient (Wildman–Crippen LogP) is 4.52. The van der Waals surface area contributed by atoms with E-state index >= 15 is 0 Å². The van der Waals surface area contributed by atoms with Crippen LogP contribution in [0.4, 0.5) is 13.2 Å². The van der Waals surface area contributed by atoms with Crippen molar-refractivity contribution in [3.05, 3.63) is 59.3 Å². The molecule has 0 saturated carbocycles. The molecule has 0 radical (unpaired) electrons. The zero-order valence-corrected chi connectivity index (χ0v) is 23.7. The normalized spacial score (nSPS) is 16.1. The molecule has 1 fully saturated rings. The van der Waals surface area contributed by atoms with Gasteiger partial charge in [-0.05, 0) is 49.6 Å². The van der Waals surface area contributed by atoms with E-state index < -0.39 is 18.3 Å². The highest BCUT2D eigenvalue weighted by molar-refractivity contribution is 5.86. The van der Waals surface area contributed by atoms with Crippen molar-refractivity contribution in [2.45, 2.75) is 50.8 Å². The van der Waals surface area contributed by atoms with Gasteiger partial charge < -0.3 is 28.6 Å². The fraction of sp³-hybridized carbons (Fsp3) is 0.467. The maximum atomic E-state index is 14.6. The third kappa shape index (κ3) is 6.64. The maximum absolute atomic E-state index is 14.6.